The lowest BCUT2D eigenvalue weighted by Gasteiger charge is -2.36. The van der Waals surface area contributed by atoms with Crippen molar-refractivity contribution in [1.29, 1.82) is 0 Å². The van der Waals surface area contributed by atoms with Crippen molar-refractivity contribution in [1.82, 2.24) is 9.62 Å². The average Bonchev–Trinajstić information content (AvgIpc) is 2.88. The Kier molecular flexibility index (Phi) is 7.14. The molecule has 0 bridgehead atoms. The minimum atomic E-state index is -3.93. The number of amides is 1. The molecular formula is C25H26FN3O4S. The number of hydrogen-bond acceptors (Lipinski definition) is 5. The third-order valence-electron chi connectivity index (χ3n) is 5.77. The van der Waals surface area contributed by atoms with Gasteiger partial charge in [0, 0.05) is 38.3 Å². The summed E-state index contributed by atoms with van der Waals surface area (Å²) < 4.78 is 47.9. The number of methoxy groups -OCH3 is 1. The lowest BCUT2D eigenvalue weighted by Crippen LogP contribution is -2.49. The Balaban J connectivity index is 1.49. The SMILES string of the molecule is COc1ccc(C(=O)N2CCN(c3ccccc3F)CC2)cc1S(=O)(=O)NCc1ccccc1. The van der Waals surface area contributed by atoms with Crippen molar-refractivity contribution in [2.75, 3.05) is 38.2 Å². The topological polar surface area (TPSA) is 79.0 Å². The summed E-state index contributed by atoms with van der Waals surface area (Å²) in [5.74, 6) is -0.424. The first-order chi connectivity index (χ1) is 16.4. The molecule has 4 rings (SSSR count). The highest BCUT2D eigenvalue weighted by molar-refractivity contribution is 7.89. The van der Waals surface area contributed by atoms with Crippen molar-refractivity contribution in [3.8, 4) is 5.75 Å². The average molecular weight is 484 g/mol. The van der Waals surface area contributed by atoms with Gasteiger partial charge in [-0.25, -0.2) is 17.5 Å². The number of benzene rings is 3. The molecule has 1 aliphatic rings. The second kappa shape index (κ2) is 10.2. The van der Waals surface area contributed by atoms with Crippen molar-refractivity contribution in [3.63, 3.8) is 0 Å². The number of anilines is 1. The summed E-state index contributed by atoms with van der Waals surface area (Å²) in [5, 5.41) is 0. The molecular weight excluding hydrogens is 457 g/mol. The van der Waals surface area contributed by atoms with E-state index in [0.29, 0.717) is 31.9 Å². The molecule has 1 N–H and O–H groups in total. The first-order valence-corrected chi connectivity index (χ1v) is 12.4. The van der Waals surface area contributed by atoms with Crippen LogP contribution in [-0.2, 0) is 16.6 Å². The van der Waals surface area contributed by atoms with Gasteiger partial charge in [-0.2, -0.15) is 0 Å². The standard InChI is InChI=1S/C25H26FN3O4S/c1-33-23-12-11-20(17-24(23)34(31,32)27-18-19-7-3-2-4-8-19)25(30)29-15-13-28(14-16-29)22-10-6-5-9-21(22)26/h2-12,17,27H,13-16,18H2,1H3. The highest BCUT2D eigenvalue weighted by Crippen LogP contribution is 2.26. The fourth-order valence-electron chi connectivity index (χ4n) is 3.91. The van der Waals surface area contributed by atoms with Crippen molar-refractivity contribution >= 4 is 21.6 Å². The number of carbonyl (C=O) groups is 1. The maximum absolute atomic E-state index is 14.1. The molecule has 0 spiro atoms. The molecule has 3 aromatic rings. The summed E-state index contributed by atoms with van der Waals surface area (Å²) in [7, 11) is -2.55. The lowest BCUT2D eigenvalue weighted by atomic mass is 10.1. The quantitative estimate of drug-likeness (QED) is 0.558. The van der Waals surface area contributed by atoms with Crippen LogP contribution in [0.25, 0.3) is 0 Å². The van der Waals surface area contributed by atoms with Crippen LogP contribution in [0.3, 0.4) is 0 Å². The second-order valence-corrected chi connectivity index (χ2v) is 9.64. The molecule has 0 atom stereocenters. The van der Waals surface area contributed by atoms with E-state index in [2.05, 4.69) is 4.72 Å². The Hall–Kier alpha value is -3.43. The Morgan fingerprint density at radius 3 is 2.32 bits per heavy atom. The zero-order valence-electron chi connectivity index (χ0n) is 18.8. The Morgan fingerprint density at radius 2 is 1.65 bits per heavy atom. The number of rotatable bonds is 7. The van der Waals surface area contributed by atoms with Crippen molar-refractivity contribution < 1.29 is 22.3 Å². The smallest absolute Gasteiger partial charge is 0.254 e. The van der Waals surface area contributed by atoms with Crippen LogP contribution in [-0.4, -0.2) is 52.5 Å². The highest BCUT2D eigenvalue weighted by Gasteiger charge is 2.26. The van der Waals surface area contributed by atoms with Gasteiger partial charge in [0.2, 0.25) is 10.0 Å². The van der Waals surface area contributed by atoms with E-state index in [-0.39, 0.29) is 34.5 Å². The highest BCUT2D eigenvalue weighted by atomic mass is 32.2. The van der Waals surface area contributed by atoms with Crippen LogP contribution in [0.1, 0.15) is 15.9 Å². The van der Waals surface area contributed by atoms with Crippen LogP contribution in [0.15, 0.2) is 77.7 Å². The molecule has 1 saturated heterocycles. The van der Waals surface area contributed by atoms with E-state index in [1.54, 1.807) is 29.2 Å². The van der Waals surface area contributed by atoms with Crippen LogP contribution in [0.4, 0.5) is 10.1 Å². The largest absolute Gasteiger partial charge is 0.495 e. The zero-order chi connectivity index (χ0) is 24.1. The number of ether oxygens (including phenoxy) is 1. The van der Waals surface area contributed by atoms with E-state index in [1.165, 1.54) is 25.3 Å². The first kappa shape index (κ1) is 23.7. The monoisotopic (exact) mass is 483 g/mol. The van der Waals surface area contributed by atoms with Gasteiger partial charge in [0.1, 0.15) is 16.5 Å². The number of para-hydroxylation sites is 1. The Morgan fingerprint density at radius 1 is 0.971 bits per heavy atom. The molecule has 0 saturated carbocycles. The van der Waals surface area contributed by atoms with Crippen LogP contribution in [0.2, 0.25) is 0 Å². The first-order valence-electron chi connectivity index (χ1n) is 10.9. The number of nitrogens with zero attached hydrogens (tertiary/aromatic N) is 2. The fourth-order valence-corrected chi connectivity index (χ4v) is 5.12. The van der Waals surface area contributed by atoms with Gasteiger partial charge in [-0.05, 0) is 35.9 Å². The summed E-state index contributed by atoms with van der Waals surface area (Å²) in [6, 6.07) is 20.1. The van der Waals surface area contributed by atoms with E-state index in [1.807, 2.05) is 35.2 Å². The molecule has 9 heteroatoms. The lowest BCUT2D eigenvalue weighted by molar-refractivity contribution is 0.0746. The third-order valence-corrected chi connectivity index (χ3v) is 7.19. The number of hydrogen-bond donors (Lipinski definition) is 1. The minimum Gasteiger partial charge on any atom is -0.495 e. The minimum absolute atomic E-state index is 0.0956. The Bertz CT molecular complexity index is 1260. The molecule has 178 valence electrons. The van der Waals surface area contributed by atoms with E-state index in [0.717, 1.165) is 5.56 Å². The summed E-state index contributed by atoms with van der Waals surface area (Å²) >= 11 is 0. The zero-order valence-corrected chi connectivity index (χ0v) is 19.6. The van der Waals surface area contributed by atoms with Crippen molar-refractivity contribution in [3.05, 3.63) is 89.7 Å². The molecule has 1 heterocycles. The molecule has 7 nitrogen and oxygen atoms in total. The summed E-state index contributed by atoms with van der Waals surface area (Å²) in [6.07, 6.45) is 0. The normalized spacial score (nSPS) is 14.2. The molecule has 34 heavy (non-hydrogen) atoms. The number of piperazine rings is 1. The molecule has 0 aliphatic carbocycles. The second-order valence-electron chi connectivity index (χ2n) is 7.91. The van der Waals surface area contributed by atoms with E-state index < -0.39 is 10.0 Å². The molecule has 0 radical (unpaired) electrons. The summed E-state index contributed by atoms with van der Waals surface area (Å²) in [5.41, 5.74) is 1.57. The maximum Gasteiger partial charge on any atom is 0.254 e. The predicted octanol–water partition coefficient (Wildman–Crippen LogP) is 3.28. The molecule has 3 aromatic carbocycles. The molecule has 1 aliphatic heterocycles. The van der Waals surface area contributed by atoms with E-state index in [4.69, 9.17) is 4.74 Å². The molecule has 1 fully saturated rings. The molecule has 0 unspecified atom stereocenters. The fraction of sp³-hybridized carbons (Fsp3) is 0.240. The maximum atomic E-state index is 14.1. The van der Waals surface area contributed by atoms with Gasteiger partial charge < -0.3 is 14.5 Å². The van der Waals surface area contributed by atoms with Crippen LogP contribution < -0.4 is 14.4 Å². The van der Waals surface area contributed by atoms with Gasteiger partial charge >= 0.3 is 0 Å². The Labute approximate surface area is 198 Å². The van der Waals surface area contributed by atoms with E-state index >= 15 is 0 Å². The van der Waals surface area contributed by atoms with Crippen LogP contribution >= 0.6 is 0 Å². The number of nitrogens with one attached hydrogen (secondary N) is 1. The summed E-state index contributed by atoms with van der Waals surface area (Å²) in [6.45, 7) is 1.86. The molecule has 0 aromatic heterocycles. The summed E-state index contributed by atoms with van der Waals surface area (Å²) in [4.78, 5) is 16.6. The van der Waals surface area contributed by atoms with Gasteiger partial charge in [0.25, 0.3) is 5.91 Å². The van der Waals surface area contributed by atoms with Crippen LogP contribution in [0, 0.1) is 5.82 Å². The number of sulfonamides is 1. The van der Waals surface area contributed by atoms with Gasteiger partial charge in [-0.15, -0.1) is 0 Å². The van der Waals surface area contributed by atoms with E-state index in [9.17, 15) is 17.6 Å². The number of carbonyl (C=O) groups excluding carboxylic acids is 1. The van der Waals surface area contributed by atoms with Gasteiger partial charge in [-0.1, -0.05) is 42.5 Å². The molecule has 1 amide bonds. The predicted molar refractivity (Wildman–Crippen MR) is 128 cm³/mol. The third kappa shape index (κ3) is 5.21. The van der Waals surface area contributed by atoms with Crippen molar-refractivity contribution in [2.24, 2.45) is 0 Å². The van der Waals surface area contributed by atoms with Crippen LogP contribution in [0.5, 0.6) is 5.75 Å². The van der Waals surface area contributed by atoms with Gasteiger partial charge in [-0.3, -0.25) is 4.79 Å². The van der Waals surface area contributed by atoms with Gasteiger partial charge in [0.15, 0.2) is 0 Å². The number of halogens is 1. The van der Waals surface area contributed by atoms with Crippen molar-refractivity contribution in [2.45, 2.75) is 11.4 Å². The van der Waals surface area contributed by atoms with Gasteiger partial charge in [0.05, 0.1) is 12.8 Å².